The second-order valence-electron chi connectivity index (χ2n) is 4.18. The first kappa shape index (κ1) is 12.3. The molecule has 18 heavy (non-hydrogen) atoms. The third kappa shape index (κ3) is 2.40. The number of hydrogen-bond donors (Lipinski definition) is 0. The van der Waals surface area contributed by atoms with E-state index in [0.717, 1.165) is 11.3 Å². The maximum absolute atomic E-state index is 13.7. The summed E-state index contributed by atoms with van der Waals surface area (Å²) >= 11 is 0. The molecule has 0 saturated carbocycles. The summed E-state index contributed by atoms with van der Waals surface area (Å²) in [5.41, 5.74) is 1.63. The number of para-hydroxylation sites is 1. The van der Waals surface area contributed by atoms with Gasteiger partial charge < -0.3 is 4.90 Å². The van der Waals surface area contributed by atoms with Crippen LogP contribution >= 0.6 is 0 Å². The molecule has 2 rings (SSSR count). The van der Waals surface area contributed by atoms with Gasteiger partial charge in [-0.1, -0.05) is 24.3 Å². The van der Waals surface area contributed by atoms with Crippen LogP contribution in [-0.4, -0.2) is 13.0 Å². The number of halogens is 1. The third-order valence-corrected chi connectivity index (χ3v) is 2.80. The van der Waals surface area contributed by atoms with Crippen molar-refractivity contribution in [3.63, 3.8) is 0 Å². The van der Waals surface area contributed by atoms with Gasteiger partial charge in [0.2, 0.25) is 0 Å². The summed E-state index contributed by atoms with van der Waals surface area (Å²) < 4.78 is 13.7. The first-order valence-electron chi connectivity index (χ1n) is 5.69. The molecule has 2 aromatic rings. The molecule has 0 aliphatic rings. The Kier molecular flexibility index (Phi) is 3.42. The van der Waals surface area contributed by atoms with Gasteiger partial charge in [0.15, 0.2) is 0 Å². The monoisotopic (exact) mass is 243 g/mol. The molecule has 0 atom stereocenters. The highest BCUT2D eigenvalue weighted by molar-refractivity contribution is 6.05. The summed E-state index contributed by atoms with van der Waals surface area (Å²) in [7, 11) is 1.64. The standard InChI is InChI=1S/C15H14FNO/c1-11-8-9-13(14(16)10-11)15(18)17(2)12-6-4-3-5-7-12/h3-10H,1-2H3. The molecule has 92 valence electrons. The van der Waals surface area contributed by atoms with Crippen LogP contribution in [0.2, 0.25) is 0 Å². The van der Waals surface area contributed by atoms with E-state index in [9.17, 15) is 9.18 Å². The maximum atomic E-state index is 13.7. The lowest BCUT2D eigenvalue weighted by Gasteiger charge is -2.17. The molecule has 2 nitrogen and oxygen atoms in total. The van der Waals surface area contributed by atoms with Gasteiger partial charge in [-0.15, -0.1) is 0 Å². The Hall–Kier alpha value is -2.16. The number of anilines is 1. The molecule has 2 aromatic carbocycles. The second kappa shape index (κ2) is 5.00. The van der Waals surface area contributed by atoms with E-state index >= 15 is 0 Å². The zero-order valence-corrected chi connectivity index (χ0v) is 10.4. The molecule has 1 amide bonds. The minimum Gasteiger partial charge on any atom is -0.311 e. The zero-order valence-electron chi connectivity index (χ0n) is 10.4. The number of hydrogen-bond acceptors (Lipinski definition) is 1. The lowest BCUT2D eigenvalue weighted by molar-refractivity contribution is 0.0989. The minimum absolute atomic E-state index is 0.0898. The fourth-order valence-electron chi connectivity index (χ4n) is 1.74. The van der Waals surface area contributed by atoms with Gasteiger partial charge in [-0.3, -0.25) is 4.79 Å². The third-order valence-electron chi connectivity index (χ3n) is 2.80. The van der Waals surface area contributed by atoms with Crippen LogP contribution in [0.15, 0.2) is 48.5 Å². The summed E-state index contributed by atoms with van der Waals surface area (Å²) in [6.45, 7) is 1.79. The largest absolute Gasteiger partial charge is 0.311 e. The fraction of sp³-hybridized carbons (Fsp3) is 0.133. The number of aryl methyl sites for hydroxylation is 1. The van der Waals surface area contributed by atoms with E-state index in [-0.39, 0.29) is 11.5 Å². The van der Waals surface area contributed by atoms with Crippen LogP contribution in [-0.2, 0) is 0 Å². The number of rotatable bonds is 2. The van der Waals surface area contributed by atoms with Crippen LogP contribution in [0.1, 0.15) is 15.9 Å². The molecule has 0 heterocycles. The van der Waals surface area contributed by atoms with E-state index in [2.05, 4.69) is 0 Å². The lowest BCUT2D eigenvalue weighted by Crippen LogP contribution is -2.27. The molecule has 0 radical (unpaired) electrons. The highest BCUT2D eigenvalue weighted by Gasteiger charge is 2.17. The summed E-state index contributed by atoms with van der Waals surface area (Å²) in [5.74, 6) is -0.832. The molecule has 0 fully saturated rings. The predicted octanol–water partition coefficient (Wildman–Crippen LogP) is 3.41. The van der Waals surface area contributed by atoms with Crippen molar-refractivity contribution in [3.8, 4) is 0 Å². The van der Waals surface area contributed by atoms with E-state index in [1.54, 1.807) is 20.0 Å². The molecule has 0 aliphatic carbocycles. The fourth-order valence-corrected chi connectivity index (χ4v) is 1.74. The Labute approximate surface area is 106 Å². The van der Waals surface area contributed by atoms with Gasteiger partial charge in [0.25, 0.3) is 5.91 Å². The summed E-state index contributed by atoms with van der Waals surface area (Å²) in [6, 6.07) is 13.8. The molecular formula is C15H14FNO. The maximum Gasteiger partial charge on any atom is 0.260 e. The van der Waals surface area contributed by atoms with Crippen molar-refractivity contribution in [2.24, 2.45) is 0 Å². The van der Waals surface area contributed by atoms with Gasteiger partial charge in [-0.2, -0.15) is 0 Å². The number of carbonyl (C=O) groups is 1. The average molecular weight is 243 g/mol. The van der Waals surface area contributed by atoms with E-state index < -0.39 is 5.82 Å². The van der Waals surface area contributed by atoms with Crippen LogP contribution in [0.4, 0.5) is 10.1 Å². The Morgan fingerprint density at radius 3 is 2.39 bits per heavy atom. The Bertz CT molecular complexity index is 566. The predicted molar refractivity (Wildman–Crippen MR) is 70.3 cm³/mol. The minimum atomic E-state index is -0.484. The molecule has 0 bridgehead atoms. The summed E-state index contributed by atoms with van der Waals surface area (Å²) in [5, 5.41) is 0. The van der Waals surface area contributed by atoms with E-state index in [4.69, 9.17) is 0 Å². The van der Waals surface area contributed by atoms with Crippen LogP contribution in [0, 0.1) is 12.7 Å². The van der Waals surface area contributed by atoms with Gasteiger partial charge in [0.05, 0.1) is 5.56 Å². The molecule has 3 heteroatoms. The first-order valence-corrected chi connectivity index (χ1v) is 5.69. The molecule has 0 spiro atoms. The summed E-state index contributed by atoms with van der Waals surface area (Å²) in [4.78, 5) is 13.6. The highest BCUT2D eigenvalue weighted by atomic mass is 19.1. The molecule has 0 aromatic heterocycles. The summed E-state index contributed by atoms with van der Waals surface area (Å²) in [6.07, 6.45) is 0. The topological polar surface area (TPSA) is 20.3 Å². The van der Waals surface area contributed by atoms with Crippen molar-refractivity contribution in [3.05, 3.63) is 65.5 Å². The van der Waals surface area contributed by atoms with Crippen molar-refractivity contribution in [2.75, 3.05) is 11.9 Å². The van der Waals surface area contributed by atoms with Gasteiger partial charge in [-0.25, -0.2) is 4.39 Å². The lowest BCUT2D eigenvalue weighted by atomic mass is 10.1. The average Bonchev–Trinajstić information content (AvgIpc) is 2.38. The quantitative estimate of drug-likeness (QED) is 0.791. The smallest absolute Gasteiger partial charge is 0.260 e. The van der Waals surface area contributed by atoms with Gasteiger partial charge in [0, 0.05) is 12.7 Å². The number of nitrogens with zero attached hydrogens (tertiary/aromatic N) is 1. The zero-order chi connectivity index (χ0) is 13.1. The SMILES string of the molecule is Cc1ccc(C(=O)N(C)c2ccccc2)c(F)c1. The molecule has 0 aliphatic heterocycles. The Morgan fingerprint density at radius 2 is 1.78 bits per heavy atom. The number of carbonyl (C=O) groups excluding carboxylic acids is 1. The van der Waals surface area contributed by atoms with Crippen LogP contribution in [0.5, 0.6) is 0 Å². The Balaban J connectivity index is 2.32. The van der Waals surface area contributed by atoms with Crippen molar-refractivity contribution in [1.29, 1.82) is 0 Å². The second-order valence-corrected chi connectivity index (χ2v) is 4.18. The molecule has 0 unspecified atom stereocenters. The first-order chi connectivity index (χ1) is 8.59. The van der Waals surface area contributed by atoms with Gasteiger partial charge >= 0.3 is 0 Å². The Morgan fingerprint density at radius 1 is 1.11 bits per heavy atom. The van der Waals surface area contributed by atoms with E-state index in [0.29, 0.717) is 0 Å². The molecule has 0 saturated heterocycles. The number of amides is 1. The van der Waals surface area contributed by atoms with Crippen molar-refractivity contribution < 1.29 is 9.18 Å². The van der Waals surface area contributed by atoms with Crippen molar-refractivity contribution in [2.45, 2.75) is 6.92 Å². The molecular weight excluding hydrogens is 229 g/mol. The van der Waals surface area contributed by atoms with Gasteiger partial charge in [-0.05, 0) is 36.8 Å². The van der Waals surface area contributed by atoms with Crippen LogP contribution in [0.3, 0.4) is 0 Å². The van der Waals surface area contributed by atoms with E-state index in [1.807, 2.05) is 30.3 Å². The molecule has 0 N–H and O–H groups in total. The van der Waals surface area contributed by atoms with E-state index in [1.165, 1.54) is 17.0 Å². The normalized spacial score (nSPS) is 10.2. The van der Waals surface area contributed by atoms with Crippen molar-refractivity contribution in [1.82, 2.24) is 0 Å². The van der Waals surface area contributed by atoms with Crippen molar-refractivity contribution >= 4 is 11.6 Å². The highest BCUT2D eigenvalue weighted by Crippen LogP contribution is 2.17. The number of benzene rings is 2. The van der Waals surface area contributed by atoms with Crippen LogP contribution in [0.25, 0.3) is 0 Å². The van der Waals surface area contributed by atoms with Gasteiger partial charge in [0.1, 0.15) is 5.82 Å². The van der Waals surface area contributed by atoms with Crippen LogP contribution < -0.4 is 4.90 Å².